The van der Waals surface area contributed by atoms with Crippen LogP contribution in [0.25, 0.3) is 22.3 Å². The Bertz CT molecular complexity index is 2590. The highest BCUT2D eigenvalue weighted by atomic mass is 16.5. The van der Waals surface area contributed by atoms with E-state index in [4.69, 9.17) is 4.74 Å². The number of aromatic nitrogens is 2. The Labute approximate surface area is 374 Å². The minimum atomic E-state index is -1.07. The van der Waals surface area contributed by atoms with E-state index in [9.17, 15) is 24.3 Å². The van der Waals surface area contributed by atoms with E-state index in [2.05, 4.69) is 25.5 Å². The summed E-state index contributed by atoms with van der Waals surface area (Å²) in [6.07, 6.45) is 4.44. The molecule has 0 spiro atoms. The third-order valence-corrected chi connectivity index (χ3v) is 11.5. The summed E-state index contributed by atoms with van der Waals surface area (Å²) in [4.78, 5) is 63.8. The number of aryl methyl sites for hydroxylation is 4. The van der Waals surface area contributed by atoms with Crippen LogP contribution in [0.3, 0.4) is 0 Å². The molecule has 2 saturated heterocycles. The molecule has 0 aliphatic carbocycles. The molecule has 0 bridgehead atoms. The molecule has 6 aromatic rings. The number of carbonyl (C=O) groups excluding carboxylic acids is 3. The summed E-state index contributed by atoms with van der Waals surface area (Å²) in [6.45, 7) is 13.3. The molecule has 2 aliphatic rings. The fourth-order valence-electron chi connectivity index (χ4n) is 7.71. The number of aromatic carboxylic acids is 1. The molecule has 2 aromatic heterocycles. The highest BCUT2D eigenvalue weighted by Gasteiger charge is 2.32. The van der Waals surface area contributed by atoms with Gasteiger partial charge in [-0.1, -0.05) is 71.8 Å². The number of nitrogens with one attached hydrogen (secondary N) is 2. The van der Waals surface area contributed by atoms with Crippen LogP contribution in [-0.4, -0.2) is 94.0 Å². The Morgan fingerprint density at radius 3 is 1.53 bits per heavy atom. The molecule has 1 unspecified atom stereocenters. The average Bonchev–Trinajstić information content (AvgIpc) is 3.82. The van der Waals surface area contributed by atoms with Gasteiger partial charge >= 0.3 is 5.97 Å². The normalized spacial score (nSPS) is 14.9. The van der Waals surface area contributed by atoms with Crippen LogP contribution in [-0.2, 0) is 17.8 Å². The molecule has 4 heterocycles. The number of rotatable bonds is 11. The van der Waals surface area contributed by atoms with Gasteiger partial charge in [0.2, 0.25) is 0 Å². The van der Waals surface area contributed by atoms with Crippen molar-refractivity contribution in [3.63, 3.8) is 0 Å². The second-order valence-electron chi connectivity index (χ2n) is 16.5. The van der Waals surface area contributed by atoms with Gasteiger partial charge in [-0.05, 0) is 116 Å². The lowest BCUT2D eigenvalue weighted by molar-refractivity contribution is 0.0185. The first-order valence-corrected chi connectivity index (χ1v) is 21.6. The van der Waals surface area contributed by atoms with Gasteiger partial charge in [0.15, 0.2) is 0 Å². The van der Waals surface area contributed by atoms with Crippen LogP contribution in [0.2, 0.25) is 0 Å². The van der Waals surface area contributed by atoms with Gasteiger partial charge in [0.1, 0.15) is 0 Å². The molecule has 2 fully saturated rings. The quantitative estimate of drug-likeness (QED) is 0.118. The fourth-order valence-corrected chi connectivity index (χ4v) is 7.71. The molecule has 8 rings (SSSR count). The first-order valence-electron chi connectivity index (χ1n) is 21.6. The summed E-state index contributed by atoms with van der Waals surface area (Å²) < 4.78 is 5.49. The Morgan fingerprint density at radius 2 is 1.06 bits per heavy atom. The summed E-state index contributed by atoms with van der Waals surface area (Å²) in [7, 11) is 0. The van der Waals surface area contributed by atoms with Crippen molar-refractivity contribution in [1.29, 1.82) is 0 Å². The minimum absolute atomic E-state index is 0.0264. The van der Waals surface area contributed by atoms with Gasteiger partial charge in [-0.3, -0.25) is 29.3 Å². The van der Waals surface area contributed by atoms with Gasteiger partial charge in [-0.2, -0.15) is 0 Å². The van der Waals surface area contributed by atoms with E-state index in [1.165, 1.54) is 6.07 Å². The standard InChI is InChI=1S/C30H34N4O3.C22H20N2O3/c1-21-3-7-24(8-4-21)25-15-26(29(35)32-19-23-6-5-22(2)31-18-23)17-27(16-25)30(36)34-10-9-28(20-34)33-11-13-37-14-12-33;1-14-3-7-17(8-4-14)18-9-19(11-20(10-18)22(26)27)21(25)24-13-16-6-5-15(2)23-12-16/h3-8,15-18,28H,9-14,19-20H2,1-2H3,(H,32,35);3-12H,13H2,1-2H3,(H,24,25)(H,26,27). The topological polar surface area (TPSA) is 154 Å². The third-order valence-electron chi connectivity index (χ3n) is 11.5. The van der Waals surface area contributed by atoms with Crippen LogP contribution < -0.4 is 10.6 Å². The van der Waals surface area contributed by atoms with E-state index in [1.54, 1.807) is 30.6 Å². The molecule has 3 amide bonds. The lowest BCUT2D eigenvalue weighted by atomic mass is 9.98. The van der Waals surface area contributed by atoms with Gasteiger partial charge in [0, 0.05) is 85.8 Å². The number of carbonyl (C=O) groups is 4. The Balaban J connectivity index is 0.000000201. The van der Waals surface area contributed by atoms with Crippen LogP contribution in [0, 0.1) is 27.7 Å². The van der Waals surface area contributed by atoms with Gasteiger partial charge in [-0.25, -0.2) is 4.79 Å². The lowest BCUT2D eigenvalue weighted by Gasteiger charge is -2.32. The van der Waals surface area contributed by atoms with Crippen LogP contribution in [0.15, 0.2) is 122 Å². The largest absolute Gasteiger partial charge is 0.478 e. The maximum atomic E-state index is 13.6. The number of likely N-dealkylation sites (tertiary alicyclic amines) is 1. The molecule has 328 valence electrons. The maximum Gasteiger partial charge on any atom is 0.335 e. The molecule has 12 heteroatoms. The highest BCUT2D eigenvalue weighted by Crippen LogP contribution is 2.27. The van der Waals surface area contributed by atoms with Crippen molar-refractivity contribution in [2.75, 3.05) is 39.4 Å². The summed E-state index contributed by atoms with van der Waals surface area (Å²) in [5, 5.41) is 15.2. The zero-order valence-electron chi connectivity index (χ0n) is 36.8. The van der Waals surface area contributed by atoms with Gasteiger partial charge in [0.05, 0.1) is 18.8 Å². The predicted molar refractivity (Wildman–Crippen MR) is 247 cm³/mol. The van der Waals surface area contributed by atoms with Crippen LogP contribution in [0.5, 0.6) is 0 Å². The predicted octanol–water partition coefficient (Wildman–Crippen LogP) is 7.84. The van der Waals surface area contributed by atoms with Crippen molar-refractivity contribution >= 4 is 23.7 Å². The number of hydrogen-bond donors (Lipinski definition) is 3. The summed E-state index contributed by atoms with van der Waals surface area (Å²) in [6, 6.07) is 34.1. The molecule has 1 atom stereocenters. The molecular weight excluding hydrogens is 805 g/mol. The van der Waals surface area contributed by atoms with E-state index in [0.717, 1.165) is 89.6 Å². The number of morpholine rings is 1. The monoisotopic (exact) mass is 858 g/mol. The molecule has 3 N–H and O–H groups in total. The fraction of sp³-hybridized carbons (Fsp3) is 0.269. The molecule has 4 aromatic carbocycles. The van der Waals surface area contributed by atoms with Crippen LogP contribution in [0.1, 0.15) is 81.5 Å². The maximum absolute atomic E-state index is 13.6. The number of amides is 3. The SMILES string of the molecule is Cc1ccc(-c2cc(C(=O)NCc3ccc(C)nc3)cc(C(=O)N3CCC(N4CCOCC4)C3)c2)cc1.Cc1ccc(-c2cc(C(=O)O)cc(C(=O)NCc3ccc(C)nc3)c2)cc1. The number of nitrogens with zero attached hydrogens (tertiary/aromatic N) is 4. The number of benzene rings is 4. The molecule has 64 heavy (non-hydrogen) atoms. The van der Waals surface area contributed by atoms with Crippen molar-refractivity contribution in [2.24, 2.45) is 0 Å². The zero-order valence-corrected chi connectivity index (χ0v) is 36.8. The van der Waals surface area contributed by atoms with Crippen LogP contribution >= 0.6 is 0 Å². The minimum Gasteiger partial charge on any atom is -0.478 e. The second kappa shape index (κ2) is 20.9. The molecule has 2 aliphatic heterocycles. The zero-order chi connectivity index (χ0) is 45.2. The molecule has 0 saturated carbocycles. The van der Waals surface area contributed by atoms with Gasteiger partial charge < -0.3 is 25.4 Å². The van der Waals surface area contributed by atoms with Gasteiger partial charge in [0.25, 0.3) is 17.7 Å². The summed E-state index contributed by atoms with van der Waals surface area (Å²) in [5.74, 6) is -1.63. The van der Waals surface area contributed by atoms with E-state index in [-0.39, 0.29) is 23.3 Å². The van der Waals surface area contributed by atoms with Crippen molar-refractivity contribution in [3.8, 4) is 22.3 Å². The molecule has 12 nitrogen and oxygen atoms in total. The second-order valence-corrected chi connectivity index (χ2v) is 16.5. The molecule has 0 radical (unpaired) electrons. The van der Waals surface area contributed by atoms with E-state index < -0.39 is 5.97 Å². The smallest absolute Gasteiger partial charge is 0.335 e. The Morgan fingerprint density at radius 1 is 0.594 bits per heavy atom. The van der Waals surface area contributed by atoms with Crippen molar-refractivity contribution in [3.05, 3.63) is 177 Å². The Kier molecular flexibility index (Phi) is 14.7. The number of carboxylic acids is 1. The van der Waals surface area contributed by atoms with E-state index in [0.29, 0.717) is 47.9 Å². The first kappa shape index (κ1) is 45.0. The summed E-state index contributed by atoms with van der Waals surface area (Å²) in [5.41, 5.74) is 10.7. The third kappa shape index (κ3) is 11.9. The number of carboxylic acid groups (broad SMARTS) is 1. The van der Waals surface area contributed by atoms with Crippen LogP contribution in [0.4, 0.5) is 0 Å². The number of hydrogen-bond acceptors (Lipinski definition) is 8. The Hall–Kier alpha value is -7.02. The number of pyridine rings is 2. The lowest BCUT2D eigenvalue weighted by Crippen LogP contribution is -2.45. The molecular formula is C52H54N6O6. The van der Waals surface area contributed by atoms with Crippen molar-refractivity contribution < 1.29 is 29.0 Å². The first-order chi connectivity index (χ1) is 30.9. The van der Waals surface area contributed by atoms with E-state index >= 15 is 0 Å². The highest BCUT2D eigenvalue weighted by molar-refractivity contribution is 6.02. The van der Waals surface area contributed by atoms with Crippen molar-refractivity contribution in [2.45, 2.75) is 53.2 Å². The van der Waals surface area contributed by atoms with Crippen molar-refractivity contribution in [1.82, 2.24) is 30.4 Å². The average molecular weight is 859 g/mol. The van der Waals surface area contributed by atoms with E-state index in [1.807, 2.05) is 118 Å². The summed E-state index contributed by atoms with van der Waals surface area (Å²) >= 11 is 0. The van der Waals surface area contributed by atoms with Gasteiger partial charge in [-0.15, -0.1) is 0 Å². The number of ether oxygens (including phenoxy) is 1.